The van der Waals surface area contributed by atoms with Gasteiger partial charge in [0.15, 0.2) is 0 Å². The van der Waals surface area contributed by atoms with Crippen molar-refractivity contribution in [3.8, 4) is 0 Å². The molecule has 26 heavy (non-hydrogen) atoms. The third-order valence-corrected chi connectivity index (χ3v) is 3.40. The summed E-state index contributed by atoms with van der Waals surface area (Å²) in [5.41, 5.74) is 5.04. The molecule has 0 saturated carbocycles. The van der Waals surface area contributed by atoms with E-state index in [2.05, 4.69) is 16.1 Å². The molecule has 142 valence electrons. The Kier molecular flexibility index (Phi) is 8.27. The number of amides is 4. The first kappa shape index (κ1) is 21.1. The zero-order chi connectivity index (χ0) is 19.7. The Morgan fingerprint density at radius 2 is 1.46 bits per heavy atom. The monoisotopic (exact) mass is 362 g/mol. The van der Waals surface area contributed by atoms with Crippen LogP contribution in [0.15, 0.2) is 30.3 Å². The van der Waals surface area contributed by atoms with Crippen LogP contribution in [0.25, 0.3) is 0 Å². The molecule has 0 spiro atoms. The molecule has 4 N–H and O–H groups in total. The van der Waals surface area contributed by atoms with Crippen molar-refractivity contribution in [3.05, 3.63) is 35.9 Å². The van der Waals surface area contributed by atoms with Gasteiger partial charge in [-0.15, -0.1) is 0 Å². The fourth-order valence-electron chi connectivity index (χ4n) is 2.12. The van der Waals surface area contributed by atoms with E-state index in [9.17, 15) is 19.2 Å². The summed E-state index contributed by atoms with van der Waals surface area (Å²) in [5.74, 6) is -2.96. The lowest BCUT2D eigenvalue weighted by Gasteiger charge is -2.22. The summed E-state index contributed by atoms with van der Waals surface area (Å²) in [6.45, 7) is 6.95. The van der Waals surface area contributed by atoms with Crippen molar-refractivity contribution in [2.24, 2.45) is 5.92 Å². The van der Waals surface area contributed by atoms with E-state index < -0.39 is 23.8 Å². The van der Waals surface area contributed by atoms with E-state index in [1.165, 1.54) is 0 Å². The van der Waals surface area contributed by atoms with Crippen molar-refractivity contribution < 1.29 is 19.2 Å². The summed E-state index contributed by atoms with van der Waals surface area (Å²) >= 11 is 0. The van der Waals surface area contributed by atoms with E-state index in [1.54, 1.807) is 27.7 Å². The smallest absolute Gasteiger partial charge is 0.327 e. The van der Waals surface area contributed by atoms with Crippen LogP contribution < -0.4 is 21.5 Å². The van der Waals surface area contributed by atoms with Crippen molar-refractivity contribution in [1.82, 2.24) is 21.5 Å². The molecule has 0 aliphatic carbocycles. The van der Waals surface area contributed by atoms with Crippen molar-refractivity contribution in [2.45, 2.75) is 46.2 Å². The first-order chi connectivity index (χ1) is 12.2. The summed E-state index contributed by atoms with van der Waals surface area (Å²) in [4.78, 5) is 47.5. The van der Waals surface area contributed by atoms with Crippen LogP contribution >= 0.6 is 0 Å². The molecule has 0 fully saturated rings. The van der Waals surface area contributed by atoms with Crippen LogP contribution in [0.2, 0.25) is 0 Å². The first-order valence-electron chi connectivity index (χ1n) is 8.44. The molecule has 0 saturated heterocycles. The van der Waals surface area contributed by atoms with Gasteiger partial charge in [0.2, 0.25) is 5.91 Å². The average Bonchev–Trinajstić information content (AvgIpc) is 2.57. The molecule has 0 unspecified atom stereocenters. The Balaban J connectivity index is 2.57. The molecule has 0 radical (unpaired) electrons. The van der Waals surface area contributed by atoms with Crippen LogP contribution in [0, 0.1) is 5.92 Å². The van der Waals surface area contributed by atoms with Gasteiger partial charge in [-0.1, -0.05) is 44.2 Å². The van der Waals surface area contributed by atoms with Crippen LogP contribution in [-0.2, 0) is 25.6 Å². The minimum Gasteiger partial charge on any atom is -0.346 e. The Bertz CT molecular complexity index is 644. The molecule has 0 heterocycles. The van der Waals surface area contributed by atoms with Gasteiger partial charge in [0.25, 0.3) is 5.91 Å². The summed E-state index contributed by atoms with van der Waals surface area (Å²) in [6.07, 6.45) is 0.139. The van der Waals surface area contributed by atoms with Crippen LogP contribution in [0.3, 0.4) is 0 Å². The summed E-state index contributed by atoms with van der Waals surface area (Å²) < 4.78 is 0. The highest BCUT2D eigenvalue weighted by Crippen LogP contribution is 2.04. The number of hydrazine groups is 1. The van der Waals surface area contributed by atoms with E-state index >= 15 is 0 Å². The fraction of sp³-hybridized carbons (Fsp3) is 0.444. The zero-order valence-electron chi connectivity index (χ0n) is 15.5. The topological polar surface area (TPSA) is 116 Å². The molecular formula is C18H26N4O4. The highest BCUT2D eigenvalue weighted by atomic mass is 16.2. The van der Waals surface area contributed by atoms with Gasteiger partial charge in [-0.2, -0.15) is 0 Å². The van der Waals surface area contributed by atoms with E-state index in [4.69, 9.17) is 0 Å². The Morgan fingerprint density at radius 3 is 2.00 bits per heavy atom. The second-order valence-electron chi connectivity index (χ2n) is 6.52. The second kappa shape index (κ2) is 10.2. The van der Waals surface area contributed by atoms with Gasteiger partial charge in [-0.3, -0.25) is 30.0 Å². The maximum atomic E-state index is 12.2. The normalized spacial score (nSPS) is 11.6. The van der Waals surface area contributed by atoms with Gasteiger partial charge < -0.3 is 10.6 Å². The molecule has 1 aromatic rings. The summed E-state index contributed by atoms with van der Waals surface area (Å²) in [7, 11) is 0. The average molecular weight is 362 g/mol. The van der Waals surface area contributed by atoms with Crippen molar-refractivity contribution in [3.63, 3.8) is 0 Å². The minimum absolute atomic E-state index is 0.139. The lowest BCUT2D eigenvalue weighted by Crippen LogP contribution is -2.56. The Labute approximate surface area is 153 Å². The number of benzene rings is 1. The predicted molar refractivity (Wildman–Crippen MR) is 96.5 cm³/mol. The highest BCUT2D eigenvalue weighted by molar-refractivity contribution is 6.35. The fourth-order valence-corrected chi connectivity index (χ4v) is 2.12. The highest BCUT2D eigenvalue weighted by Gasteiger charge is 2.25. The van der Waals surface area contributed by atoms with E-state index in [-0.39, 0.29) is 24.3 Å². The molecule has 0 aliphatic heterocycles. The SMILES string of the molecule is CC(C)NC(=O)C(=O)NNC(=O)[C@@H](NC(=O)Cc1ccccc1)C(C)C. The lowest BCUT2D eigenvalue weighted by atomic mass is 10.0. The number of hydrogen-bond donors (Lipinski definition) is 4. The molecular weight excluding hydrogens is 336 g/mol. The van der Waals surface area contributed by atoms with Crippen molar-refractivity contribution >= 4 is 23.6 Å². The van der Waals surface area contributed by atoms with Gasteiger partial charge in [-0.05, 0) is 25.3 Å². The third kappa shape index (κ3) is 7.33. The number of carbonyl (C=O) groups is 4. The second-order valence-corrected chi connectivity index (χ2v) is 6.52. The van der Waals surface area contributed by atoms with Crippen LogP contribution in [0.4, 0.5) is 0 Å². The van der Waals surface area contributed by atoms with Gasteiger partial charge in [0.05, 0.1) is 6.42 Å². The number of hydrogen-bond acceptors (Lipinski definition) is 4. The van der Waals surface area contributed by atoms with Gasteiger partial charge in [-0.25, -0.2) is 0 Å². The zero-order valence-corrected chi connectivity index (χ0v) is 15.5. The largest absolute Gasteiger partial charge is 0.346 e. The third-order valence-electron chi connectivity index (χ3n) is 3.40. The van der Waals surface area contributed by atoms with E-state index in [0.29, 0.717) is 0 Å². The minimum atomic E-state index is -0.981. The Hall–Kier alpha value is -2.90. The van der Waals surface area contributed by atoms with Gasteiger partial charge in [0.1, 0.15) is 6.04 Å². The van der Waals surface area contributed by atoms with E-state index in [1.807, 2.05) is 35.8 Å². The maximum Gasteiger partial charge on any atom is 0.327 e. The molecule has 0 aliphatic rings. The molecule has 1 atom stereocenters. The summed E-state index contributed by atoms with van der Waals surface area (Å²) in [5, 5.41) is 5.05. The molecule has 8 heteroatoms. The predicted octanol–water partition coefficient (Wildman–Crippen LogP) is 0.0419. The van der Waals surface area contributed by atoms with E-state index in [0.717, 1.165) is 5.56 Å². The quantitative estimate of drug-likeness (QED) is 0.422. The molecule has 0 aromatic heterocycles. The molecule has 8 nitrogen and oxygen atoms in total. The molecule has 1 rings (SSSR count). The van der Waals surface area contributed by atoms with Crippen molar-refractivity contribution in [1.29, 1.82) is 0 Å². The number of rotatable bonds is 6. The maximum absolute atomic E-state index is 12.2. The van der Waals surface area contributed by atoms with Gasteiger partial charge >= 0.3 is 11.8 Å². The number of nitrogens with one attached hydrogen (secondary N) is 4. The first-order valence-corrected chi connectivity index (χ1v) is 8.44. The van der Waals surface area contributed by atoms with Crippen molar-refractivity contribution in [2.75, 3.05) is 0 Å². The molecule has 4 amide bonds. The van der Waals surface area contributed by atoms with Crippen LogP contribution in [0.5, 0.6) is 0 Å². The summed E-state index contributed by atoms with van der Waals surface area (Å²) in [6, 6.07) is 8.09. The Morgan fingerprint density at radius 1 is 0.846 bits per heavy atom. The van der Waals surface area contributed by atoms with Crippen LogP contribution in [0.1, 0.15) is 33.3 Å². The standard InChI is InChI=1S/C18H26N4O4/c1-11(2)15(20-14(23)10-13-8-6-5-7-9-13)16(24)21-22-18(26)17(25)19-12(3)4/h5-9,11-12,15H,10H2,1-4H3,(H,19,25)(H,20,23)(H,21,24)(H,22,26)/t15-/m0/s1. The lowest BCUT2D eigenvalue weighted by molar-refractivity contribution is -0.141. The molecule has 0 bridgehead atoms. The molecule has 1 aromatic carbocycles. The number of carbonyl (C=O) groups excluding carboxylic acids is 4. The van der Waals surface area contributed by atoms with Gasteiger partial charge in [0, 0.05) is 6.04 Å². The van der Waals surface area contributed by atoms with Crippen LogP contribution in [-0.4, -0.2) is 35.7 Å².